The van der Waals surface area contributed by atoms with Gasteiger partial charge in [0.05, 0.1) is 0 Å². The molecule has 0 saturated heterocycles. The lowest BCUT2D eigenvalue weighted by atomic mass is 10.1. The third-order valence-electron chi connectivity index (χ3n) is 3.52. The van der Waals surface area contributed by atoms with Crippen LogP contribution in [-0.2, 0) is 4.79 Å². The second-order valence-electron chi connectivity index (χ2n) is 5.47. The molecule has 0 aliphatic heterocycles. The van der Waals surface area contributed by atoms with Crippen LogP contribution in [0.5, 0.6) is 0 Å². The Labute approximate surface area is 135 Å². The summed E-state index contributed by atoms with van der Waals surface area (Å²) in [5, 5.41) is 4.84. The van der Waals surface area contributed by atoms with E-state index in [1.165, 1.54) is 21.3 Å². The topological polar surface area (TPSA) is 94.1 Å². The van der Waals surface area contributed by atoms with Crippen molar-refractivity contribution in [3.05, 3.63) is 5.82 Å². The highest BCUT2D eigenvalue weighted by Crippen LogP contribution is 2.24. The molecule has 0 fully saturated rings. The van der Waals surface area contributed by atoms with Gasteiger partial charge in [0.2, 0.25) is 5.91 Å². The molecule has 0 spiro atoms. The van der Waals surface area contributed by atoms with Crippen LogP contribution in [0.1, 0.15) is 45.4 Å². The van der Waals surface area contributed by atoms with Crippen LogP contribution in [0.3, 0.4) is 0 Å². The van der Waals surface area contributed by atoms with Crippen molar-refractivity contribution in [1.82, 2.24) is 19.7 Å². The molecule has 2 unspecified atom stereocenters. The molecule has 1 rings (SSSR count). The number of hydrogen-bond donors (Lipinski definition) is 1. The SMILES string of the molecule is CCC(CSc1nc(C(C)CC)nn1C(=O)N(C)C)C(N)=O. The average molecular weight is 327 g/mol. The van der Waals surface area contributed by atoms with Gasteiger partial charge in [-0.05, 0) is 12.8 Å². The zero-order valence-electron chi connectivity index (χ0n) is 13.9. The van der Waals surface area contributed by atoms with E-state index in [9.17, 15) is 9.59 Å². The summed E-state index contributed by atoms with van der Waals surface area (Å²) in [6.45, 7) is 5.98. The van der Waals surface area contributed by atoms with Crippen LogP contribution in [0.4, 0.5) is 4.79 Å². The maximum atomic E-state index is 12.2. The standard InChI is InChI=1S/C14H25N5O2S/c1-6-9(3)12-16-13(19(17-12)14(21)18(4)5)22-8-10(7-2)11(15)20/h9-10H,6-8H2,1-5H3,(H2,15,20). The van der Waals surface area contributed by atoms with Crippen LogP contribution in [0, 0.1) is 5.92 Å². The molecule has 0 radical (unpaired) electrons. The van der Waals surface area contributed by atoms with Crippen LogP contribution in [-0.4, -0.2) is 51.5 Å². The summed E-state index contributed by atoms with van der Waals surface area (Å²) in [6.07, 6.45) is 1.56. The van der Waals surface area contributed by atoms with Crippen LogP contribution < -0.4 is 5.73 Å². The smallest absolute Gasteiger partial charge is 0.346 e. The first-order chi connectivity index (χ1) is 10.3. The number of carbonyl (C=O) groups excluding carboxylic acids is 2. The Balaban J connectivity index is 3.02. The van der Waals surface area contributed by atoms with Crippen molar-refractivity contribution >= 4 is 23.7 Å². The van der Waals surface area contributed by atoms with Crippen molar-refractivity contribution in [2.75, 3.05) is 19.8 Å². The van der Waals surface area contributed by atoms with Crippen molar-refractivity contribution in [3.63, 3.8) is 0 Å². The molecule has 8 heteroatoms. The van der Waals surface area contributed by atoms with Gasteiger partial charge in [-0.25, -0.2) is 9.78 Å². The predicted molar refractivity (Wildman–Crippen MR) is 86.9 cm³/mol. The minimum absolute atomic E-state index is 0.175. The first-order valence-electron chi connectivity index (χ1n) is 7.42. The van der Waals surface area contributed by atoms with Gasteiger partial charge in [-0.3, -0.25) is 4.79 Å². The Morgan fingerprint density at radius 1 is 1.32 bits per heavy atom. The van der Waals surface area contributed by atoms with Crippen molar-refractivity contribution in [3.8, 4) is 0 Å². The monoisotopic (exact) mass is 327 g/mol. The number of nitrogens with zero attached hydrogens (tertiary/aromatic N) is 4. The van der Waals surface area contributed by atoms with Gasteiger partial charge < -0.3 is 10.6 Å². The van der Waals surface area contributed by atoms with Crippen molar-refractivity contribution in [2.45, 2.75) is 44.7 Å². The van der Waals surface area contributed by atoms with E-state index in [-0.39, 0.29) is 23.8 Å². The first kappa shape index (κ1) is 18.5. The quantitative estimate of drug-likeness (QED) is 0.772. The molecule has 1 aromatic heterocycles. The summed E-state index contributed by atoms with van der Waals surface area (Å²) in [5.74, 6) is 0.741. The fraction of sp³-hybridized carbons (Fsp3) is 0.714. The molecule has 2 atom stereocenters. The Hall–Kier alpha value is -1.57. The van der Waals surface area contributed by atoms with Crippen molar-refractivity contribution in [1.29, 1.82) is 0 Å². The minimum Gasteiger partial charge on any atom is -0.369 e. The molecular weight excluding hydrogens is 302 g/mol. The highest BCUT2D eigenvalue weighted by molar-refractivity contribution is 7.99. The lowest BCUT2D eigenvalue weighted by Crippen LogP contribution is -2.29. The summed E-state index contributed by atoms with van der Waals surface area (Å²) in [6, 6.07) is -0.253. The molecule has 22 heavy (non-hydrogen) atoms. The third-order valence-corrected chi connectivity index (χ3v) is 4.61. The molecule has 7 nitrogen and oxygen atoms in total. The molecule has 2 N–H and O–H groups in total. The van der Waals surface area contributed by atoms with Crippen molar-refractivity contribution in [2.24, 2.45) is 11.7 Å². The van der Waals surface area contributed by atoms with E-state index in [1.807, 2.05) is 20.8 Å². The van der Waals surface area contributed by atoms with Gasteiger partial charge in [-0.1, -0.05) is 32.5 Å². The van der Waals surface area contributed by atoms with Gasteiger partial charge in [0, 0.05) is 31.7 Å². The molecular formula is C14H25N5O2S. The highest BCUT2D eigenvalue weighted by atomic mass is 32.2. The number of rotatable bonds is 7. The van der Waals surface area contributed by atoms with E-state index < -0.39 is 0 Å². The largest absolute Gasteiger partial charge is 0.369 e. The van der Waals surface area contributed by atoms with Crippen LogP contribution >= 0.6 is 11.8 Å². The molecule has 0 aliphatic rings. The number of carbonyl (C=O) groups is 2. The maximum Gasteiger partial charge on any atom is 0.346 e. The Morgan fingerprint density at radius 2 is 1.95 bits per heavy atom. The molecule has 2 amide bonds. The fourth-order valence-corrected chi connectivity index (χ4v) is 2.84. The van der Waals surface area contributed by atoms with Gasteiger partial charge in [-0.15, -0.1) is 5.10 Å². The van der Waals surface area contributed by atoms with E-state index in [0.717, 1.165) is 6.42 Å². The molecule has 0 aliphatic carbocycles. The summed E-state index contributed by atoms with van der Waals surface area (Å²) in [5.41, 5.74) is 5.36. The number of primary amides is 1. The van der Waals surface area contributed by atoms with Crippen LogP contribution in [0.2, 0.25) is 0 Å². The van der Waals surface area contributed by atoms with E-state index in [1.54, 1.807) is 14.1 Å². The maximum absolute atomic E-state index is 12.2. The van der Waals surface area contributed by atoms with E-state index >= 15 is 0 Å². The number of nitrogens with two attached hydrogens (primary N) is 1. The predicted octanol–water partition coefficient (Wildman–Crippen LogP) is 1.92. The normalized spacial score (nSPS) is 13.7. The number of thioether (sulfide) groups is 1. The fourth-order valence-electron chi connectivity index (χ4n) is 1.69. The van der Waals surface area contributed by atoms with Crippen LogP contribution in [0.15, 0.2) is 5.16 Å². The number of amides is 2. The molecule has 0 bridgehead atoms. The Morgan fingerprint density at radius 3 is 2.41 bits per heavy atom. The first-order valence-corrected chi connectivity index (χ1v) is 8.41. The third kappa shape index (κ3) is 4.46. The molecule has 1 aromatic rings. The van der Waals surface area contributed by atoms with E-state index in [2.05, 4.69) is 10.1 Å². The van der Waals surface area contributed by atoms with Gasteiger partial charge in [0.1, 0.15) is 0 Å². The highest BCUT2D eigenvalue weighted by Gasteiger charge is 2.22. The van der Waals surface area contributed by atoms with Gasteiger partial charge in [0.25, 0.3) is 0 Å². The molecule has 1 heterocycles. The van der Waals surface area contributed by atoms with Crippen LogP contribution in [0.25, 0.3) is 0 Å². The lowest BCUT2D eigenvalue weighted by Gasteiger charge is -2.12. The zero-order valence-corrected chi connectivity index (χ0v) is 14.7. The summed E-state index contributed by atoms with van der Waals surface area (Å²) in [7, 11) is 3.33. The summed E-state index contributed by atoms with van der Waals surface area (Å²) in [4.78, 5) is 29.5. The second-order valence-corrected chi connectivity index (χ2v) is 6.46. The zero-order chi connectivity index (χ0) is 16.9. The van der Waals surface area contributed by atoms with Gasteiger partial charge in [-0.2, -0.15) is 4.68 Å². The Kier molecular flexibility index (Phi) is 6.86. The van der Waals surface area contributed by atoms with E-state index in [4.69, 9.17) is 5.73 Å². The molecule has 0 saturated carbocycles. The van der Waals surface area contributed by atoms with E-state index in [0.29, 0.717) is 23.2 Å². The molecule has 0 aromatic carbocycles. The van der Waals surface area contributed by atoms with Gasteiger partial charge in [0.15, 0.2) is 11.0 Å². The number of aromatic nitrogens is 3. The molecule has 124 valence electrons. The summed E-state index contributed by atoms with van der Waals surface area (Å²) < 4.78 is 1.31. The summed E-state index contributed by atoms with van der Waals surface area (Å²) >= 11 is 1.34. The minimum atomic E-state index is -0.331. The average Bonchev–Trinajstić information content (AvgIpc) is 2.89. The van der Waals surface area contributed by atoms with Gasteiger partial charge >= 0.3 is 6.03 Å². The van der Waals surface area contributed by atoms with Crippen molar-refractivity contribution < 1.29 is 9.59 Å². The Bertz CT molecular complexity index is 529. The second kappa shape index (κ2) is 8.17. The number of hydrogen-bond acceptors (Lipinski definition) is 5. The lowest BCUT2D eigenvalue weighted by molar-refractivity contribution is -0.121.